The van der Waals surface area contributed by atoms with Gasteiger partial charge >= 0.3 is 0 Å². The lowest BCUT2D eigenvalue weighted by Crippen LogP contribution is -2.22. The molecule has 0 fully saturated rings. The number of nitro benzene ring substituents is 1. The summed E-state index contributed by atoms with van der Waals surface area (Å²) in [6.07, 6.45) is -0.875. The molecule has 0 amide bonds. The van der Waals surface area contributed by atoms with Gasteiger partial charge in [-0.2, -0.15) is 0 Å². The van der Waals surface area contributed by atoms with Gasteiger partial charge in [0.25, 0.3) is 5.69 Å². The van der Waals surface area contributed by atoms with Crippen molar-refractivity contribution >= 4 is 11.4 Å². The van der Waals surface area contributed by atoms with Crippen molar-refractivity contribution in [1.29, 1.82) is 0 Å². The van der Waals surface area contributed by atoms with Crippen molar-refractivity contribution in [2.45, 2.75) is 13.0 Å². The molecule has 0 heterocycles. The van der Waals surface area contributed by atoms with E-state index in [9.17, 15) is 10.1 Å². The Kier molecular flexibility index (Phi) is 4.21. The molecule has 0 aromatic heterocycles. The van der Waals surface area contributed by atoms with E-state index >= 15 is 0 Å². The molecule has 1 rings (SSSR count). The summed E-state index contributed by atoms with van der Waals surface area (Å²) in [4.78, 5) is 10.1. The lowest BCUT2D eigenvalue weighted by molar-refractivity contribution is -0.384. The Hall–Kier alpha value is -1.66. The van der Waals surface area contributed by atoms with E-state index < -0.39 is 11.0 Å². The van der Waals surface area contributed by atoms with Crippen molar-refractivity contribution in [2.75, 3.05) is 18.5 Å². The van der Waals surface area contributed by atoms with Crippen LogP contribution in [0.5, 0.6) is 0 Å². The van der Waals surface area contributed by atoms with Gasteiger partial charge in [0, 0.05) is 24.4 Å². The van der Waals surface area contributed by atoms with Gasteiger partial charge < -0.3 is 15.5 Å². The zero-order valence-corrected chi connectivity index (χ0v) is 8.88. The van der Waals surface area contributed by atoms with E-state index in [0.29, 0.717) is 5.69 Å². The van der Waals surface area contributed by atoms with Gasteiger partial charge in [-0.3, -0.25) is 10.1 Å². The van der Waals surface area contributed by atoms with E-state index in [1.165, 1.54) is 12.1 Å². The number of nitrogens with zero attached hydrogens (tertiary/aromatic N) is 1. The molecule has 0 radical (unpaired) electrons. The van der Waals surface area contributed by atoms with Crippen LogP contribution in [0.2, 0.25) is 0 Å². The summed E-state index contributed by atoms with van der Waals surface area (Å²) in [6, 6.07) is 4.59. The average Bonchev–Trinajstić information content (AvgIpc) is 2.25. The SMILES string of the molecule is Cc1cc(NCC(O)CO)cc([N+](=O)[O-])c1. The minimum Gasteiger partial charge on any atom is -0.394 e. The molecule has 16 heavy (non-hydrogen) atoms. The zero-order chi connectivity index (χ0) is 12.1. The molecular weight excluding hydrogens is 212 g/mol. The summed E-state index contributed by atoms with van der Waals surface area (Å²) >= 11 is 0. The number of rotatable bonds is 5. The molecule has 0 aliphatic heterocycles. The van der Waals surface area contributed by atoms with Gasteiger partial charge in [-0.1, -0.05) is 0 Å². The predicted molar refractivity (Wildman–Crippen MR) is 59.4 cm³/mol. The molecule has 1 atom stereocenters. The second kappa shape index (κ2) is 5.43. The number of aliphatic hydroxyl groups excluding tert-OH is 2. The summed E-state index contributed by atoms with van der Waals surface area (Å²) in [6.45, 7) is 1.55. The fraction of sp³-hybridized carbons (Fsp3) is 0.400. The van der Waals surface area contributed by atoms with Crippen LogP contribution < -0.4 is 5.32 Å². The monoisotopic (exact) mass is 226 g/mol. The molecule has 0 bridgehead atoms. The van der Waals surface area contributed by atoms with Crippen LogP contribution >= 0.6 is 0 Å². The number of aliphatic hydroxyl groups is 2. The van der Waals surface area contributed by atoms with E-state index in [0.717, 1.165) is 5.56 Å². The summed E-state index contributed by atoms with van der Waals surface area (Å²) in [5.41, 5.74) is 1.32. The first-order valence-corrected chi connectivity index (χ1v) is 4.82. The summed E-state index contributed by atoms with van der Waals surface area (Å²) in [7, 11) is 0. The van der Waals surface area contributed by atoms with Crippen LogP contribution in [-0.2, 0) is 0 Å². The van der Waals surface area contributed by atoms with Gasteiger partial charge in [0.15, 0.2) is 0 Å². The number of benzene rings is 1. The highest BCUT2D eigenvalue weighted by Crippen LogP contribution is 2.20. The molecule has 88 valence electrons. The van der Waals surface area contributed by atoms with Gasteiger partial charge in [-0.05, 0) is 18.6 Å². The minimum absolute atomic E-state index is 0.000915. The van der Waals surface area contributed by atoms with E-state index in [2.05, 4.69) is 5.32 Å². The predicted octanol–water partition coefficient (Wildman–Crippen LogP) is 0.668. The Morgan fingerprint density at radius 1 is 1.50 bits per heavy atom. The molecule has 0 saturated carbocycles. The first-order chi connectivity index (χ1) is 7.52. The van der Waals surface area contributed by atoms with E-state index in [-0.39, 0.29) is 18.8 Å². The average molecular weight is 226 g/mol. The van der Waals surface area contributed by atoms with Gasteiger partial charge in [0.1, 0.15) is 0 Å². The summed E-state index contributed by atoms with van der Waals surface area (Å²) in [5.74, 6) is 0. The Morgan fingerprint density at radius 3 is 2.75 bits per heavy atom. The van der Waals surface area contributed by atoms with Crippen molar-refractivity contribution in [3.05, 3.63) is 33.9 Å². The van der Waals surface area contributed by atoms with Gasteiger partial charge in [-0.25, -0.2) is 0 Å². The highest BCUT2D eigenvalue weighted by Gasteiger charge is 2.08. The van der Waals surface area contributed by atoms with Crippen LogP contribution in [0.15, 0.2) is 18.2 Å². The highest BCUT2D eigenvalue weighted by molar-refractivity contribution is 5.53. The van der Waals surface area contributed by atoms with Gasteiger partial charge in [-0.15, -0.1) is 0 Å². The summed E-state index contributed by atoms with van der Waals surface area (Å²) < 4.78 is 0. The molecule has 1 aromatic carbocycles. The number of non-ortho nitro benzene ring substituents is 1. The molecule has 0 aliphatic carbocycles. The standard InChI is InChI=1S/C10H14N2O4/c1-7-2-8(11-5-10(14)6-13)4-9(3-7)12(15)16/h2-4,10-11,13-14H,5-6H2,1H3. The first kappa shape index (κ1) is 12.4. The van der Waals surface area contributed by atoms with Crippen LogP contribution in [0.4, 0.5) is 11.4 Å². The number of nitro groups is 1. The van der Waals surface area contributed by atoms with E-state index in [1.54, 1.807) is 13.0 Å². The van der Waals surface area contributed by atoms with Crippen molar-refractivity contribution in [2.24, 2.45) is 0 Å². The third-order valence-electron chi connectivity index (χ3n) is 2.03. The molecule has 6 nitrogen and oxygen atoms in total. The Labute approximate surface area is 92.7 Å². The fourth-order valence-electron chi connectivity index (χ4n) is 1.27. The smallest absolute Gasteiger partial charge is 0.271 e. The fourth-order valence-corrected chi connectivity index (χ4v) is 1.27. The second-order valence-electron chi connectivity index (χ2n) is 3.53. The topological polar surface area (TPSA) is 95.6 Å². The molecular formula is C10H14N2O4. The van der Waals surface area contributed by atoms with Gasteiger partial charge in [0.05, 0.1) is 17.6 Å². The van der Waals surface area contributed by atoms with Crippen LogP contribution in [0.3, 0.4) is 0 Å². The Balaban J connectivity index is 2.76. The number of hydrogen-bond acceptors (Lipinski definition) is 5. The maximum Gasteiger partial charge on any atom is 0.271 e. The molecule has 0 spiro atoms. The van der Waals surface area contributed by atoms with E-state index in [4.69, 9.17) is 10.2 Å². The molecule has 0 saturated heterocycles. The van der Waals surface area contributed by atoms with Crippen molar-refractivity contribution < 1.29 is 15.1 Å². The number of aryl methyl sites for hydroxylation is 1. The molecule has 1 aromatic rings. The third kappa shape index (κ3) is 3.48. The third-order valence-corrected chi connectivity index (χ3v) is 2.03. The largest absolute Gasteiger partial charge is 0.394 e. The molecule has 3 N–H and O–H groups in total. The van der Waals surface area contributed by atoms with E-state index in [1.807, 2.05) is 0 Å². The second-order valence-corrected chi connectivity index (χ2v) is 3.53. The highest BCUT2D eigenvalue weighted by atomic mass is 16.6. The van der Waals surface area contributed by atoms with Crippen LogP contribution in [0, 0.1) is 17.0 Å². The zero-order valence-electron chi connectivity index (χ0n) is 8.88. The number of nitrogens with one attached hydrogen (secondary N) is 1. The molecule has 0 aliphatic rings. The van der Waals surface area contributed by atoms with Crippen LogP contribution in [0.1, 0.15) is 5.56 Å². The van der Waals surface area contributed by atoms with Crippen LogP contribution in [0.25, 0.3) is 0 Å². The van der Waals surface area contributed by atoms with Crippen molar-refractivity contribution in [3.63, 3.8) is 0 Å². The maximum absolute atomic E-state index is 10.6. The van der Waals surface area contributed by atoms with Crippen molar-refractivity contribution in [1.82, 2.24) is 0 Å². The van der Waals surface area contributed by atoms with Crippen LogP contribution in [-0.4, -0.2) is 34.4 Å². The Morgan fingerprint density at radius 2 is 2.19 bits per heavy atom. The minimum atomic E-state index is -0.875. The lowest BCUT2D eigenvalue weighted by Gasteiger charge is -2.10. The maximum atomic E-state index is 10.6. The quantitative estimate of drug-likeness (QED) is 0.506. The van der Waals surface area contributed by atoms with Gasteiger partial charge in [0.2, 0.25) is 0 Å². The number of hydrogen-bond donors (Lipinski definition) is 3. The summed E-state index contributed by atoms with van der Waals surface area (Å²) in [5, 5.41) is 31.1. The number of anilines is 1. The Bertz CT molecular complexity index is 381. The first-order valence-electron chi connectivity index (χ1n) is 4.82. The normalized spacial score (nSPS) is 12.2. The van der Waals surface area contributed by atoms with Crippen molar-refractivity contribution in [3.8, 4) is 0 Å². The molecule has 6 heteroatoms. The lowest BCUT2D eigenvalue weighted by atomic mass is 10.2. The molecule has 1 unspecified atom stereocenters.